The Labute approximate surface area is 108 Å². The molecule has 0 aromatic carbocycles. The normalized spacial score (nSPS) is 16.8. The van der Waals surface area contributed by atoms with E-state index in [0.717, 1.165) is 29.1 Å². The van der Waals surface area contributed by atoms with Gasteiger partial charge in [0.05, 0.1) is 17.0 Å². The highest BCUT2D eigenvalue weighted by Gasteiger charge is 2.33. The standard InChI is InChI=1S/C14H21N3O/c1-6-17-13(9(2)3)12-11(15-17)7-10(14(12)18)8-16(4)5/h8-9H,6-7H2,1-5H3/b10-8-. The van der Waals surface area contributed by atoms with Crippen molar-refractivity contribution in [2.75, 3.05) is 14.1 Å². The fourth-order valence-electron chi connectivity index (χ4n) is 2.56. The van der Waals surface area contributed by atoms with Crippen LogP contribution in [-0.4, -0.2) is 34.6 Å². The monoisotopic (exact) mass is 247 g/mol. The van der Waals surface area contributed by atoms with Crippen molar-refractivity contribution in [1.82, 2.24) is 14.7 Å². The van der Waals surface area contributed by atoms with E-state index < -0.39 is 0 Å². The quantitative estimate of drug-likeness (QED) is 0.769. The summed E-state index contributed by atoms with van der Waals surface area (Å²) >= 11 is 0. The van der Waals surface area contributed by atoms with Gasteiger partial charge in [0.15, 0.2) is 5.78 Å². The summed E-state index contributed by atoms with van der Waals surface area (Å²) in [7, 11) is 3.87. The van der Waals surface area contributed by atoms with Crippen LogP contribution in [0.5, 0.6) is 0 Å². The topological polar surface area (TPSA) is 38.1 Å². The van der Waals surface area contributed by atoms with Crippen LogP contribution in [0.2, 0.25) is 0 Å². The molecule has 0 fully saturated rings. The molecule has 1 aliphatic carbocycles. The van der Waals surface area contributed by atoms with Gasteiger partial charge in [0.2, 0.25) is 0 Å². The minimum atomic E-state index is 0.155. The number of nitrogens with zero attached hydrogens (tertiary/aromatic N) is 3. The minimum Gasteiger partial charge on any atom is -0.383 e. The third-order valence-corrected chi connectivity index (χ3v) is 3.20. The minimum absolute atomic E-state index is 0.155. The van der Waals surface area contributed by atoms with Crippen LogP contribution in [0.25, 0.3) is 0 Å². The molecule has 0 amide bonds. The van der Waals surface area contributed by atoms with Crippen molar-refractivity contribution in [2.24, 2.45) is 0 Å². The van der Waals surface area contributed by atoms with Gasteiger partial charge in [0, 0.05) is 38.8 Å². The van der Waals surface area contributed by atoms with Crippen molar-refractivity contribution in [1.29, 1.82) is 0 Å². The van der Waals surface area contributed by atoms with Crippen LogP contribution in [0.15, 0.2) is 11.8 Å². The second-order valence-corrected chi connectivity index (χ2v) is 5.30. The largest absolute Gasteiger partial charge is 0.383 e. The molecule has 4 heteroatoms. The molecule has 0 unspecified atom stereocenters. The van der Waals surface area contributed by atoms with Gasteiger partial charge in [-0.2, -0.15) is 5.10 Å². The van der Waals surface area contributed by atoms with Crippen molar-refractivity contribution < 1.29 is 4.79 Å². The average Bonchev–Trinajstić information content (AvgIpc) is 2.76. The molecule has 1 aliphatic rings. The summed E-state index contributed by atoms with van der Waals surface area (Å²) in [4.78, 5) is 14.4. The summed E-state index contributed by atoms with van der Waals surface area (Å²) in [6.07, 6.45) is 2.57. The molecule has 0 atom stereocenters. The number of hydrogen-bond donors (Lipinski definition) is 0. The van der Waals surface area contributed by atoms with Gasteiger partial charge in [-0.1, -0.05) is 13.8 Å². The van der Waals surface area contributed by atoms with Gasteiger partial charge in [-0.3, -0.25) is 9.48 Å². The maximum atomic E-state index is 12.4. The van der Waals surface area contributed by atoms with E-state index in [-0.39, 0.29) is 5.78 Å². The van der Waals surface area contributed by atoms with Gasteiger partial charge >= 0.3 is 0 Å². The lowest BCUT2D eigenvalue weighted by molar-refractivity contribution is 0.103. The number of Topliss-reactive ketones (excluding diaryl/α,β-unsaturated/α-hetero) is 1. The number of allylic oxidation sites excluding steroid dienone is 1. The first-order chi connectivity index (χ1) is 8.45. The zero-order valence-electron chi connectivity index (χ0n) is 11.8. The lowest BCUT2D eigenvalue weighted by Gasteiger charge is -2.11. The van der Waals surface area contributed by atoms with Crippen molar-refractivity contribution in [3.63, 3.8) is 0 Å². The van der Waals surface area contributed by atoms with E-state index >= 15 is 0 Å². The Kier molecular flexibility index (Phi) is 3.28. The molecule has 0 saturated carbocycles. The molecule has 1 aromatic heterocycles. The van der Waals surface area contributed by atoms with E-state index in [1.54, 1.807) is 0 Å². The van der Waals surface area contributed by atoms with Gasteiger partial charge in [-0.25, -0.2) is 0 Å². The van der Waals surface area contributed by atoms with Gasteiger partial charge in [0.25, 0.3) is 0 Å². The second-order valence-electron chi connectivity index (χ2n) is 5.30. The first-order valence-electron chi connectivity index (χ1n) is 6.47. The van der Waals surface area contributed by atoms with Crippen LogP contribution < -0.4 is 0 Å². The van der Waals surface area contributed by atoms with Crippen LogP contribution in [0.1, 0.15) is 48.4 Å². The van der Waals surface area contributed by atoms with Crippen LogP contribution >= 0.6 is 0 Å². The van der Waals surface area contributed by atoms with Crippen molar-refractivity contribution in [2.45, 2.75) is 39.7 Å². The third-order valence-electron chi connectivity index (χ3n) is 3.20. The Hall–Kier alpha value is -1.58. The highest BCUT2D eigenvalue weighted by molar-refractivity contribution is 6.13. The Morgan fingerprint density at radius 1 is 1.44 bits per heavy atom. The average molecular weight is 247 g/mol. The number of carbonyl (C=O) groups excluding carboxylic acids is 1. The number of aromatic nitrogens is 2. The predicted octanol–water partition coefficient (Wildman–Crippen LogP) is 2.21. The molecule has 2 rings (SSSR count). The molecule has 1 heterocycles. The summed E-state index contributed by atoms with van der Waals surface area (Å²) in [5, 5.41) is 4.57. The fourth-order valence-corrected chi connectivity index (χ4v) is 2.56. The van der Waals surface area contributed by atoms with Crippen LogP contribution in [0.3, 0.4) is 0 Å². The lowest BCUT2D eigenvalue weighted by Crippen LogP contribution is -2.11. The molecule has 4 nitrogen and oxygen atoms in total. The maximum absolute atomic E-state index is 12.4. The highest BCUT2D eigenvalue weighted by atomic mass is 16.1. The summed E-state index contributed by atoms with van der Waals surface area (Å²) < 4.78 is 1.97. The lowest BCUT2D eigenvalue weighted by atomic mass is 10.0. The Morgan fingerprint density at radius 2 is 2.11 bits per heavy atom. The molecular weight excluding hydrogens is 226 g/mol. The molecule has 1 aromatic rings. The van der Waals surface area contributed by atoms with E-state index in [9.17, 15) is 4.79 Å². The molecule has 0 aliphatic heterocycles. The first-order valence-corrected chi connectivity index (χ1v) is 6.47. The summed E-state index contributed by atoms with van der Waals surface area (Å²) in [5.74, 6) is 0.478. The Bertz CT molecular complexity index is 509. The van der Waals surface area contributed by atoms with Gasteiger partial charge in [-0.05, 0) is 12.8 Å². The second kappa shape index (κ2) is 4.59. The van der Waals surface area contributed by atoms with Gasteiger partial charge in [-0.15, -0.1) is 0 Å². The van der Waals surface area contributed by atoms with Crippen molar-refractivity contribution in [3.05, 3.63) is 28.7 Å². The maximum Gasteiger partial charge on any atom is 0.194 e. The predicted molar refractivity (Wildman–Crippen MR) is 71.8 cm³/mol. The van der Waals surface area contributed by atoms with Gasteiger partial charge in [0.1, 0.15) is 0 Å². The molecule has 0 radical (unpaired) electrons. The van der Waals surface area contributed by atoms with E-state index in [2.05, 4.69) is 25.9 Å². The molecular formula is C14H21N3O. The molecule has 0 bridgehead atoms. The Morgan fingerprint density at radius 3 is 2.61 bits per heavy atom. The van der Waals surface area contributed by atoms with Crippen LogP contribution in [0, 0.1) is 0 Å². The number of carbonyl (C=O) groups is 1. The first kappa shape index (κ1) is 12.9. The number of aryl methyl sites for hydroxylation is 1. The summed E-state index contributed by atoms with van der Waals surface area (Å²) in [6.45, 7) is 7.12. The van der Waals surface area contributed by atoms with Crippen molar-refractivity contribution >= 4 is 5.78 Å². The SMILES string of the molecule is CCn1nc2c(c1C(C)C)C(=O)/C(=C\N(C)C)C2. The van der Waals surface area contributed by atoms with Gasteiger partial charge < -0.3 is 4.90 Å². The molecule has 18 heavy (non-hydrogen) atoms. The smallest absolute Gasteiger partial charge is 0.194 e. The summed E-state index contributed by atoms with van der Waals surface area (Å²) in [6, 6.07) is 0. The van der Waals surface area contributed by atoms with E-state index in [1.807, 2.05) is 29.9 Å². The van der Waals surface area contributed by atoms with E-state index in [1.165, 1.54) is 0 Å². The summed E-state index contributed by atoms with van der Waals surface area (Å²) in [5.41, 5.74) is 3.72. The number of fused-ring (bicyclic) bond motifs is 1. The molecule has 98 valence electrons. The molecule has 0 N–H and O–H groups in total. The van der Waals surface area contributed by atoms with Crippen LogP contribution in [0.4, 0.5) is 0 Å². The van der Waals surface area contributed by atoms with Crippen LogP contribution in [-0.2, 0) is 13.0 Å². The molecule has 0 saturated heterocycles. The Balaban J connectivity index is 2.49. The number of rotatable bonds is 3. The number of hydrogen-bond acceptors (Lipinski definition) is 3. The van der Waals surface area contributed by atoms with Crippen molar-refractivity contribution in [3.8, 4) is 0 Å². The zero-order valence-corrected chi connectivity index (χ0v) is 11.8. The fraction of sp³-hybridized carbons (Fsp3) is 0.571. The van der Waals surface area contributed by atoms with E-state index in [4.69, 9.17) is 0 Å². The highest BCUT2D eigenvalue weighted by Crippen LogP contribution is 2.32. The molecule has 0 spiro atoms. The zero-order chi connectivity index (χ0) is 13.4. The third kappa shape index (κ3) is 1.96. The van der Waals surface area contributed by atoms with E-state index in [0.29, 0.717) is 12.3 Å². The number of ketones is 1.